The number of hydrogen-bond donors (Lipinski definition) is 3. The van der Waals surface area contributed by atoms with Crippen molar-refractivity contribution in [1.29, 1.82) is 0 Å². The number of unbranched alkanes of at least 4 members (excludes halogenated alkanes) is 5. The molecule has 0 aliphatic carbocycles. The lowest BCUT2D eigenvalue weighted by Gasteiger charge is -2.13. The van der Waals surface area contributed by atoms with Crippen LogP contribution in [0.15, 0.2) is 89.9 Å². The summed E-state index contributed by atoms with van der Waals surface area (Å²) < 4.78 is 11.7. The summed E-state index contributed by atoms with van der Waals surface area (Å²) >= 11 is 0. The minimum Gasteiger partial charge on any atom is -0.494 e. The van der Waals surface area contributed by atoms with Crippen LogP contribution in [-0.2, 0) is 11.4 Å². The molecule has 3 aromatic rings. The van der Waals surface area contributed by atoms with Crippen LogP contribution in [0.25, 0.3) is 0 Å². The first-order valence-electron chi connectivity index (χ1n) is 12.9. The second-order valence-electron chi connectivity index (χ2n) is 8.87. The van der Waals surface area contributed by atoms with Gasteiger partial charge < -0.3 is 26.3 Å². The molecule has 196 valence electrons. The van der Waals surface area contributed by atoms with Gasteiger partial charge in [-0.25, -0.2) is 4.99 Å². The van der Waals surface area contributed by atoms with Gasteiger partial charge in [0.2, 0.25) is 5.91 Å². The van der Waals surface area contributed by atoms with E-state index in [9.17, 15) is 4.79 Å². The summed E-state index contributed by atoms with van der Waals surface area (Å²) in [4.78, 5) is 16.7. The molecular formula is C30H38N4O3. The average Bonchev–Trinajstić information content (AvgIpc) is 2.93. The fourth-order valence-electron chi connectivity index (χ4n) is 3.87. The topological polar surface area (TPSA) is 112 Å². The minimum absolute atomic E-state index is 0.0992. The van der Waals surface area contributed by atoms with Crippen LogP contribution >= 0.6 is 0 Å². The number of aliphatic imine (C=N–C) groups is 1. The molecule has 0 aliphatic heterocycles. The van der Waals surface area contributed by atoms with Crippen molar-refractivity contribution in [1.82, 2.24) is 5.32 Å². The van der Waals surface area contributed by atoms with Crippen molar-refractivity contribution < 1.29 is 14.3 Å². The lowest BCUT2D eigenvalue weighted by Crippen LogP contribution is -2.32. The van der Waals surface area contributed by atoms with Gasteiger partial charge in [0.15, 0.2) is 12.0 Å². The molecule has 0 radical (unpaired) electrons. The lowest BCUT2D eigenvalue weighted by atomic mass is 10.1. The van der Waals surface area contributed by atoms with Crippen LogP contribution in [0.4, 0.5) is 0 Å². The third kappa shape index (κ3) is 10.7. The van der Waals surface area contributed by atoms with E-state index in [1.165, 1.54) is 0 Å². The van der Waals surface area contributed by atoms with Gasteiger partial charge in [-0.1, -0.05) is 86.3 Å². The zero-order valence-electron chi connectivity index (χ0n) is 21.4. The monoisotopic (exact) mass is 502 g/mol. The Kier molecular flexibility index (Phi) is 11.8. The number of ether oxygens (including phenoxy) is 2. The van der Waals surface area contributed by atoms with Crippen LogP contribution in [0.1, 0.15) is 55.7 Å². The normalized spacial score (nSPS) is 11.4. The van der Waals surface area contributed by atoms with Crippen molar-refractivity contribution in [3.63, 3.8) is 0 Å². The Bertz CT molecular complexity index is 1070. The van der Waals surface area contributed by atoms with E-state index in [1.54, 1.807) is 0 Å². The largest absolute Gasteiger partial charge is 0.494 e. The Morgan fingerprint density at radius 1 is 0.730 bits per heavy atom. The van der Waals surface area contributed by atoms with Crippen molar-refractivity contribution >= 4 is 11.9 Å². The third-order valence-electron chi connectivity index (χ3n) is 5.85. The predicted molar refractivity (Wildman–Crippen MR) is 148 cm³/mol. The fourth-order valence-corrected chi connectivity index (χ4v) is 3.87. The number of guanidine groups is 1. The van der Waals surface area contributed by atoms with E-state index < -0.39 is 6.04 Å². The molecule has 0 aliphatic rings. The maximum Gasteiger partial charge on any atom is 0.249 e. The lowest BCUT2D eigenvalue weighted by molar-refractivity contribution is -0.122. The highest BCUT2D eigenvalue weighted by molar-refractivity contribution is 5.87. The van der Waals surface area contributed by atoms with E-state index in [4.69, 9.17) is 20.9 Å². The van der Waals surface area contributed by atoms with Crippen LogP contribution in [0.5, 0.6) is 11.5 Å². The molecule has 0 bridgehead atoms. The summed E-state index contributed by atoms with van der Waals surface area (Å²) in [5.74, 6) is 1.40. The summed E-state index contributed by atoms with van der Waals surface area (Å²) in [6.45, 7) is 1.86. The molecule has 0 fully saturated rings. The molecule has 37 heavy (non-hydrogen) atoms. The van der Waals surface area contributed by atoms with Crippen molar-refractivity contribution in [2.45, 2.75) is 51.2 Å². The van der Waals surface area contributed by atoms with Crippen molar-refractivity contribution in [2.75, 3.05) is 13.2 Å². The minimum atomic E-state index is -0.718. The first-order valence-corrected chi connectivity index (χ1v) is 12.9. The second kappa shape index (κ2) is 15.9. The SMILES string of the molecule is NC(N)=N[C@H](C(=O)NCCCCCCCCOc1ccc(OCc2ccccc2)cc1)c1ccccc1. The number of carbonyl (C=O) groups excluding carboxylic acids is 1. The Labute approximate surface area is 219 Å². The highest BCUT2D eigenvalue weighted by atomic mass is 16.5. The summed E-state index contributed by atoms with van der Waals surface area (Å²) in [7, 11) is 0. The highest BCUT2D eigenvalue weighted by Gasteiger charge is 2.19. The molecule has 7 heteroatoms. The Morgan fingerprint density at radius 3 is 1.95 bits per heavy atom. The molecule has 3 aromatic carbocycles. The molecule has 5 N–H and O–H groups in total. The Balaban J connectivity index is 1.21. The zero-order chi connectivity index (χ0) is 26.1. The van der Waals surface area contributed by atoms with Crippen LogP contribution in [0.3, 0.4) is 0 Å². The molecule has 1 amide bonds. The molecule has 3 rings (SSSR count). The van der Waals surface area contributed by atoms with Gasteiger partial charge in [0, 0.05) is 6.54 Å². The maximum atomic E-state index is 12.6. The Hall–Kier alpha value is -4.00. The highest BCUT2D eigenvalue weighted by Crippen LogP contribution is 2.20. The quantitative estimate of drug-likeness (QED) is 0.143. The van der Waals surface area contributed by atoms with Gasteiger partial charge >= 0.3 is 0 Å². The number of nitrogens with one attached hydrogen (secondary N) is 1. The molecule has 0 saturated heterocycles. The first-order chi connectivity index (χ1) is 18.1. The molecule has 0 unspecified atom stereocenters. The third-order valence-corrected chi connectivity index (χ3v) is 5.85. The van der Waals surface area contributed by atoms with Crippen molar-refractivity contribution in [2.24, 2.45) is 16.5 Å². The van der Waals surface area contributed by atoms with Gasteiger partial charge in [-0.15, -0.1) is 0 Å². The number of nitrogens with two attached hydrogens (primary N) is 2. The van der Waals surface area contributed by atoms with Crippen LogP contribution in [0, 0.1) is 0 Å². The maximum absolute atomic E-state index is 12.6. The summed E-state index contributed by atoms with van der Waals surface area (Å²) in [5.41, 5.74) is 12.9. The van der Waals surface area contributed by atoms with E-state index in [0.29, 0.717) is 19.8 Å². The van der Waals surface area contributed by atoms with Crippen LogP contribution in [0.2, 0.25) is 0 Å². The predicted octanol–water partition coefficient (Wildman–Crippen LogP) is 5.12. The number of benzene rings is 3. The van der Waals surface area contributed by atoms with Gasteiger partial charge in [-0.05, 0) is 48.2 Å². The number of rotatable bonds is 16. The van der Waals surface area contributed by atoms with Gasteiger partial charge in [0.25, 0.3) is 0 Å². The second-order valence-corrected chi connectivity index (χ2v) is 8.87. The molecule has 1 atom stereocenters. The van der Waals surface area contributed by atoms with E-state index in [0.717, 1.165) is 61.2 Å². The molecule has 0 saturated carbocycles. The van der Waals surface area contributed by atoms with E-state index in [1.807, 2.05) is 84.9 Å². The smallest absolute Gasteiger partial charge is 0.249 e. The van der Waals surface area contributed by atoms with Crippen molar-refractivity contribution in [3.05, 3.63) is 96.1 Å². The van der Waals surface area contributed by atoms with Gasteiger partial charge in [0.1, 0.15) is 18.1 Å². The summed E-state index contributed by atoms with van der Waals surface area (Å²) in [6, 6.07) is 26.5. The van der Waals surface area contributed by atoms with Crippen LogP contribution < -0.4 is 26.3 Å². The molecule has 0 aromatic heterocycles. The zero-order valence-corrected chi connectivity index (χ0v) is 21.4. The molecular weight excluding hydrogens is 464 g/mol. The Morgan fingerprint density at radius 2 is 1.30 bits per heavy atom. The standard InChI is InChI=1S/C30H38N4O3/c31-30(32)34-28(25-15-9-6-10-16-25)29(35)33-21-11-3-1-2-4-12-22-36-26-17-19-27(20-18-26)37-23-24-13-7-5-8-14-24/h5-10,13-20,28H,1-4,11-12,21-23H2,(H,33,35)(H4,31,32,34)/t28-/m0/s1. The summed E-state index contributed by atoms with van der Waals surface area (Å²) in [6.07, 6.45) is 6.38. The van der Waals surface area contributed by atoms with E-state index >= 15 is 0 Å². The fraction of sp³-hybridized carbons (Fsp3) is 0.333. The summed E-state index contributed by atoms with van der Waals surface area (Å²) in [5, 5.41) is 2.95. The molecule has 0 spiro atoms. The van der Waals surface area contributed by atoms with Crippen LogP contribution in [-0.4, -0.2) is 25.0 Å². The average molecular weight is 503 g/mol. The van der Waals surface area contributed by atoms with Gasteiger partial charge in [-0.2, -0.15) is 0 Å². The van der Waals surface area contributed by atoms with E-state index in [2.05, 4.69) is 10.3 Å². The molecule has 0 heterocycles. The number of carbonyl (C=O) groups is 1. The first kappa shape index (κ1) is 27.6. The van der Waals surface area contributed by atoms with E-state index in [-0.39, 0.29) is 11.9 Å². The van der Waals surface area contributed by atoms with Gasteiger partial charge in [-0.3, -0.25) is 4.79 Å². The number of nitrogens with zero attached hydrogens (tertiary/aromatic N) is 1. The number of amides is 1. The van der Waals surface area contributed by atoms with Gasteiger partial charge in [0.05, 0.1) is 6.61 Å². The number of hydrogen-bond acceptors (Lipinski definition) is 4. The molecule has 7 nitrogen and oxygen atoms in total. The van der Waals surface area contributed by atoms with Crippen molar-refractivity contribution in [3.8, 4) is 11.5 Å².